The van der Waals surface area contributed by atoms with E-state index in [1.807, 2.05) is 62.4 Å². The van der Waals surface area contributed by atoms with Crippen molar-refractivity contribution in [2.24, 2.45) is 0 Å². The highest BCUT2D eigenvalue weighted by Gasteiger charge is 2.14. The minimum atomic E-state index is -0.390. The normalized spacial score (nSPS) is 10.3. The second kappa shape index (κ2) is 6.66. The van der Waals surface area contributed by atoms with Gasteiger partial charge in [0.15, 0.2) is 0 Å². The van der Waals surface area contributed by atoms with E-state index in [2.05, 4.69) is 4.98 Å². The third-order valence-electron chi connectivity index (χ3n) is 4.16. The van der Waals surface area contributed by atoms with Gasteiger partial charge in [-0.25, -0.2) is 0 Å². The molecule has 0 unspecified atom stereocenters. The molecule has 4 heteroatoms. The highest BCUT2D eigenvalue weighted by Crippen LogP contribution is 2.34. The van der Waals surface area contributed by atoms with Crippen molar-refractivity contribution in [1.29, 1.82) is 5.26 Å². The van der Waals surface area contributed by atoms with Crippen LogP contribution in [0.25, 0.3) is 11.1 Å². The Hall–Kier alpha value is -3.32. The molecule has 0 spiro atoms. The average Bonchev–Trinajstić information content (AvgIpc) is 2.58. The molecular weight excluding hydrogens is 312 g/mol. The van der Waals surface area contributed by atoms with Crippen LogP contribution in [-0.4, -0.2) is 4.98 Å². The minimum absolute atomic E-state index is 0.0849. The molecule has 0 bridgehead atoms. The zero-order chi connectivity index (χ0) is 18.0. The number of benzene rings is 2. The molecule has 0 amide bonds. The highest BCUT2D eigenvalue weighted by atomic mass is 16.5. The van der Waals surface area contributed by atoms with Crippen molar-refractivity contribution in [2.75, 3.05) is 0 Å². The maximum absolute atomic E-state index is 12.1. The van der Waals surface area contributed by atoms with Gasteiger partial charge in [-0.15, -0.1) is 0 Å². The lowest BCUT2D eigenvalue weighted by Crippen LogP contribution is -2.12. The van der Waals surface area contributed by atoms with E-state index in [0.717, 1.165) is 11.3 Å². The number of rotatable bonds is 3. The van der Waals surface area contributed by atoms with Gasteiger partial charge in [0.1, 0.15) is 23.1 Å². The standard InChI is InChI=1S/C21H18N2O2/c1-13-8-9-16(10-14(13)2)25-20-7-5-4-6-17(20)18-11-15(3)23-21(24)19(18)12-22/h4-11H,1-3H3,(H,23,24). The van der Waals surface area contributed by atoms with Crippen molar-refractivity contribution in [3.8, 4) is 28.7 Å². The number of nitriles is 1. The first-order chi connectivity index (χ1) is 12.0. The van der Waals surface area contributed by atoms with Gasteiger partial charge in [-0.2, -0.15) is 5.26 Å². The number of aryl methyl sites for hydroxylation is 3. The molecule has 25 heavy (non-hydrogen) atoms. The summed E-state index contributed by atoms with van der Waals surface area (Å²) in [6.07, 6.45) is 0. The van der Waals surface area contributed by atoms with Gasteiger partial charge in [-0.05, 0) is 56.2 Å². The molecule has 2 aromatic carbocycles. The average molecular weight is 330 g/mol. The molecule has 0 aliphatic rings. The molecule has 124 valence electrons. The summed E-state index contributed by atoms with van der Waals surface area (Å²) in [5.41, 5.74) is 4.01. The number of aromatic amines is 1. The minimum Gasteiger partial charge on any atom is -0.457 e. The lowest BCUT2D eigenvalue weighted by atomic mass is 10.00. The number of ether oxygens (including phenoxy) is 1. The van der Waals surface area contributed by atoms with Gasteiger partial charge in [-0.1, -0.05) is 24.3 Å². The first kappa shape index (κ1) is 16.5. The molecular formula is C21H18N2O2. The number of nitrogens with one attached hydrogen (secondary N) is 1. The van der Waals surface area contributed by atoms with Crippen molar-refractivity contribution >= 4 is 0 Å². The monoisotopic (exact) mass is 330 g/mol. The number of H-pyrrole nitrogens is 1. The Morgan fingerprint density at radius 3 is 2.44 bits per heavy atom. The molecule has 0 aliphatic carbocycles. The smallest absolute Gasteiger partial charge is 0.266 e. The summed E-state index contributed by atoms with van der Waals surface area (Å²) in [6.45, 7) is 5.87. The van der Waals surface area contributed by atoms with E-state index < -0.39 is 5.56 Å². The quantitative estimate of drug-likeness (QED) is 0.761. The van der Waals surface area contributed by atoms with E-state index in [0.29, 0.717) is 22.6 Å². The van der Waals surface area contributed by atoms with E-state index in [-0.39, 0.29) is 5.56 Å². The van der Waals surface area contributed by atoms with E-state index in [1.165, 1.54) is 5.56 Å². The molecule has 0 atom stereocenters. The Morgan fingerprint density at radius 1 is 0.960 bits per heavy atom. The van der Waals surface area contributed by atoms with Crippen molar-refractivity contribution in [3.05, 3.63) is 81.3 Å². The fraction of sp³-hybridized carbons (Fsp3) is 0.143. The highest BCUT2D eigenvalue weighted by molar-refractivity contribution is 5.76. The summed E-state index contributed by atoms with van der Waals surface area (Å²) in [7, 11) is 0. The largest absolute Gasteiger partial charge is 0.457 e. The van der Waals surface area contributed by atoms with E-state index in [9.17, 15) is 10.1 Å². The van der Waals surface area contributed by atoms with Crippen LogP contribution in [0.2, 0.25) is 0 Å². The maximum atomic E-state index is 12.1. The van der Waals surface area contributed by atoms with Crippen molar-refractivity contribution in [2.45, 2.75) is 20.8 Å². The van der Waals surface area contributed by atoms with Gasteiger partial charge in [0.2, 0.25) is 0 Å². The summed E-state index contributed by atoms with van der Waals surface area (Å²) < 4.78 is 6.06. The molecule has 0 aliphatic heterocycles. The Bertz CT molecular complexity index is 1040. The molecule has 0 saturated carbocycles. The first-order valence-electron chi connectivity index (χ1n) is 7.98. The predicted molar refractivity (Wildman–Crippen MR) is 97.9 cm³/mol. The number of aromatic nitrogens is 1. The molecule has 3 aromatic rings. The summed E-state index contributed by atoms with van der Waals surface area (Å²) in [6, 6.07) is 17.1. The van der Waals surface area contributed by atoms with Crippen molar-refractivity contribution < 1.29 is 4.74 Å². The zero-order valence-corrected chi connectivity index (χ0v) is 14.4. The summed E-state index contributed by atoms with van der Waals surface area (Å²) >= 11 is 0. The van der Waals surface area contributed by atoms with Gasteiger partial charge in [0, 0.05) is 16.8 Å². The van der Waals surface area contributed by atoms with Gasteiger partial charge in [0.25, 0.3) is 5.56 Å². The number of hydrogen-bond donors (Lipinski definition) is 1. The number of pyridine rings is 1. The number of para-hydroxylation sites is 1. The number of nitrogens with zero attached hydrogens (tertiary/aromatic N) is 1. The SMILES string of the molecule is Cc1cc(-c2ccccc2Oc2ccc(C)c(C)c2)c(C#N)c(=O)[nH]1. The lowest BCUT2D eigenvalue weighted by molar-refractivity contribution is 0.484. The van der Waals surface area contributed by atoms with Crippen LogP contribution < -0.4 is 10.3 Å². The third kappa shape index (κ3) is 3.31. The number of hydrogen-bond acceptors (Lipinski definition) is 3. The van der Waals surface area contributed by atoms with Gasteiger partial charge in [0.05, 0.1) is 0 Å². The molecule has 4 nitrogen and oxygen atoms in total. The molecule has 0 radical (unpaired) electrons. The van der Waals surface area contributed by atoms with Crippen LogP contribution in [0.4, 0.5) is 0 Å². The lowest BCUT2D eigenvalue weighted by Gasteiger charge is -2.13. The molecule has 3 rings (SSSR count). The van der Waals surface area contributed by atoms with Gasteiger partial charge < -0.3 is 9.72 Å². The predicted octanol–water partition coefficient (Wildman–Crippen LogP) is 4.63. The van der Waals surface area contributed by atoms with E-state index in [1.54, 1.807) is 13.0 Å². The molecule has 1 N–H and O–H groups in total. The maximum Gasteiger partial charge on any atom is 0.266 e. The van der Waals surface area contributed by atoms with Crippen LogP contribution in [-0.2, 0) is 0 Å². The Labute approximate surface area is 146 Å². The van der Waals surface area contributed by atoms with Crippen LogP contribution in [0.1, 0.15) is 22.4 Å². The topological polar surface area (TPSA) is 65.9 Å². The second-order valence-electron chi connectivity index (χ2n) is 6.03. The molecule has 1 aromatic heterocycles. The third-order valence-corrected chi connectivity index (χ3v) is 4.16. The Kier molecular flexibility index (Phi) is 4.40. The van der Waals surface area contributed by atoms with E-state index >= 15 is 0 Å². The van der Waals surface area contributed by atoms with Gasteiger partial charge >= 0.3 is 0 Å². The van der Waals surface area contributed by atoms with Crippen LogP contribution >= 0.6 is 0 Å². The van der Waals surface area contributed by atoms with Crippen LogP contribution in [0.5, 0.6) is 11.5 Å². The Balaban J connectivity index is 2.13. The fourth-order valence-corrected chi connectivity index (χ4v) is 2.69. The van der Waals surface area contributed by atoms with Gasteiger partial charge in [-0.3, -0.25) is 4.79 Å². The fourth-order valence-electron chi connectivity index (χ4n) is 2.69. The Morgan fingerprint density at radius 2 is 1.72 bits per heavy atom. The summed E-state index contributed by atoms with van der Waals surface area (Å²) in [4.78, 5) is 14.8. The van der Waals surface area contributed by atoms with Crippen LogP contribution in [0.3, 0.4) is 0 Å². The zero-order valence-electron chi connectivity index (χ0n) is 14.4. The van der Waals surface area contributed by atoms with E-state index in [4.69, 9.17) is 4.74 Å². The summed E-state index contributed by atoms with van der Waals surface area (Å²) in [5.74, 6) is 1.32. The molecule has 0 saturated heterocycles. The first-order valence-corrected chi connectivity index (χ1v) is 7.98. The van der Waals surface area contributed by atoms with Crippen LogP contribution in [0.15, 0.2) is 53.3 Å². The molecule has 0 fully saturated rings. The summed E-state index contributed by atoms with van der Waals surface area (Å²) in [5, 5.41) is 9.39. The second-order valence-corrected chi connectivity index (χ2v) is 6.03. The van der Waals surface area contributed by atoms with Crippen molar-refractivity contribution in [1.82, 2.24) is 4.98 Å². The molecule has 1 heterocycles. The van der Waals surface area contributed by atoms with Crippen molar-refractivity contribution in [3.63, 3.8) is 0 Å². The van der Waals surface area contributed by atoms with Crippen LogP contribution in [0, 0.1) is 32.1 Å².